The Kier molecular flexibility index (Phi) is 3.13. The van der Waals surface area contributed by atoms with Crippen molar-refractivity contribution in [2.75, 3.05) is 0 Å². The molecule has 4 rings (SSSR count). The van der Waals surface area contributed by atoms with Crippen LogP contribution >= 0.6 is 0 Å². The monoisotopic (exact) mass is 282 g/mol. The third-order valence-electron chi connectivity index (χ3n) is 3.80. The lowest BCUT2D eigenvalue weighted by Crippen LogP contribution is -1.72. The molecule has 0 bridgehead atoms. The first kappa shape index (κ1) is 12.7. The van der Waals surface area contributed by atoms with Gasteiger partial charge in [-0.25, -0.2) is 0 Å². The summed E-state index contributed by atoms with van der Waals surface area (Å²) >= 11 is 0. The van der Waals surface area contributed by atoms with Crippen LogP contribution in [0.5, 0.6) is 0 Å². The summed E-state index contributed by atoms with van der Waals surface area (Å²) in [6, 6.07) is 28.7. The van der Waals surface area contributed by atoms with Crippen LogP contribution in [0, 0.1) is 0 Å². The van der Waals surface area contributed by atoms with Crippen molar-refractivity contribution in [1.29, 1.82) is 0 Å². The highest BCUT2D eigenvalue weighted by molar-refractivity contribution is 5.92. The van der Waals surface area contributed by atoms with Crippen LogP contribution in [0.15, 0.2) is 95.2 Å². The van der Waals surface area contributed by atoms with Gasteiger partial charge in [0.1, 0.15) is 0 Å². The molecule has 2 aliphatic carbocycles. The zero-order valence-electron chi connectivity index (χ0n) is 12.0. The predicted octanol–water partition coefficient (Wildman–Crippen LogP) is 6.36. The van der Waals surface area contributed by atoms with Gasteiger partial charge in [0, 0.05) is 10.9 Å². The molecule has 2 aromatic carbocycles. The number of benzene rings is 2. The highest BCUT2D eigenvalue weighted by Gasteiger charge is 2.07. The van der Waals surface area contributed by atoms with Crippen LogP contribution in [0.2, 0.25) is 0 Å². The van der Waals surface area contributed by atoms with Crippen molar-refractivity contribution in [3.63, 3.8) is 0 Å². The first-order valence-electron chi connectivity index (χ1n) is 7.29. The van der Waals surface area contributed by atoms with Gasteiger partial charge in [0.05, 0.1) is 11.4 Å². The van der Waals surface area contributed by atoms with E-state index in [1.165, 1.54) is 10.9 Å². The molecule has 0 spiro atoms. The largest absolute Gasteiger partial charge is 0.150 e. The summed E-state index contributed by atoms with van der Waals surface area (Å²) in [6.07, 6.45) is 0. The van der Waals surface area contributed by atoms with Crippen LogP contribution in [0.25, 0.3) is 21.9 Å². The average Bonchev–Trinajstić information content (AvgIpc) is 2.79. The highest BCUT2D eigenvalue weighted by Crippen LogP contribution is 2.35. The van der Waals surface area contributed by atoms with Gasteiger partial charge in [-0.3, -0.25) is 0 Å². The molecule has 22 heavy (non-hydrogen) atoms. The van der Waals surface area contributed by atoms with E-state index in [0.717, 1.165) is 22.3 Å². The Morgan fingerprint density at radius 2 is 1.27 bits per heavy atom. The molecule has 0 aliphatic heterocycles. The SMILES string of the molecule is c1ccc2ccc(N=Nc3cccc4ccccc34)c-2cc1. The quantitative estimate of drug-likeness (QED) is 0.382. The maximum absolute atomic E-state index is 4.47. The number of rotatable bonds is 2. The summed E-state index contributed by atoms with van der Waals surface area (Å²) < 4.78 is 0. The molecule has 2 nitrogen and oxygen atoms in total. The van der Waals surface area contributed by atoms with Crippen LogP contribution < -0.4 is 0 Å². The molecule has 0 atom stereocenters. The van der Waals surface area contributed by atoms with E-state index in [1.54, 1.807) is 0 Å². The maximum Gasteiger partial charge on any atom is 0.0935 e. The molecular weight excluding hydrogens is 268 g/mol. The zero-order valence-corrected chi connectivity index (χ0v) is 12.0. The molecule has 2 aromatic rings. The lowest BCUT2D eigenvalue weighted by Gasteiger charge is -2.00. The van der Waals surface area contributed by atoms with Gasteiger partial charge in [-0.1, -0.05) is 72.8 Å². The molecule has 0 unspecified atom stereocenters. The molecule has 0 saturated heterocycles. The molecule has 0 amide bonds. The normalized spacial score (nSPS) is 11.5. The Labute approximate surface area is 129 Å². The Hall–Kier alpha value is -3.00. The van der Waals surface area contributed by atoms with Crippen molar-refractivity contribution in [3.8, 4) is 11.1 Å². The molecular formula is C20H14N2. The lowest BCUT2D eigenvalue weighted by atomic mass is 10.1. The summed E-state index contributed by atoms with van der Waals surface area (Å²) in [5.74, 6) is 0. The number of hydrogen-bond acceptors (Lipinski definition) is 2. The minimum atomic E-state index is 0.896. The first-order chi connectivity index (χ1) is 10.9. The van der Waals surface area contributed by atoms with Crippen LogP contribution in [-0.4, -0.2) is 0 Å². The molecule has 0 aromatic heterocycles. The second-order valence-corrected chi connectivity index (χ2v) is 5.20. The van der Waals surface area contributed by atoms with Crippen molar-refractivity contribution in [1.82, 2.24) is 0 Å². The summed E-state index contributed by atoms with van der Waals surface area (Å²) in [5.41, 5.74) is 4.10. The van der Waals surface area contributed by atoms with Crippen molar-refractivity contribution >= 4 is 22.1 Å². The third kappa shape index (κ3) is 2.25. The van der Waals surface area contributed by atoms with Gasteiger partial charge in [0.25, 0.3) is 0 Å². The molecule has 0 saturated carbocycles. The minimum Gasteiger partial charge on any atom is -0.150 e. The zero-order chi connectivity index (χ0) is 14.8. The van der Waals surface area contributed by atoms with E-state index in [2.05, 4.69) is 46.6 Å². The van der Waals surface area contributed by atoms with E-state index in [9.17, 15) is 0 Å². The van der Waals surface area contributed by atoms with Crippen molar-refractivity contribution in [2.45, 2.75) is 0 Å². The standard InChI is InChI=1S/C20H14N2/c1-2-7-16-13-14-20(18(16)10-3-1)22-21-19-12-6-9-15-8-4-5-11-17(15)19/h1-14H. The molecule has 2 aliphatic rings. The highest BCUT2D eigenvalue weighted by atomic mass is 15.1. The molecule has 0 radical (unpaired) electrons. The minimum absolute atomic E-state index is 0.896. The number of fused-ring (bicyclic) bond motifs is 2. The van der Waals surface area contributed by atoms with E-state index in [-0.39, 0.29) is 0 Å². The average molecular weight is 282 g/mol. The van der Waals surface area contributed by atoms with Gasteiger partial charge in [0.2, 0.25) is 0 Å². The smallest absolute Gasteiger partial charge is 0.0935 e. The van der Waals surface area contributed by atoms with Crippen molar-refractivity contribution in [3.05, 3.63) is 84.9 Å². The lowest BCUT2D eigenvalue weighted by molar-refractivity contribution is 1.25. The van der Waals surface area contributed by atoms with E-state index in [4.69, 9.17) is 0 Å². The summed E-state index contributed by atoms with van der Waals surface area (Å²) in [6.45, 7) is 0. The van der Waals surface area contributed by atoms with Crippen LogP contribution in [0.1, 0.15) is 0 Å². The Morgan fingerprint density at radius 3 is 2.27 bits per heavy atom. The fourth-order valence-electron chi connectivity index (χ4n) is 2.69. The Morgan fingerprint density at radius 1 is 0.500 bits per heavy atom. The Bertz CT molecular complexity index is 935. The van der Waals surface area contributed by atoms with E-state index < -0.39 is 0 Å². The predicted molar refractivity (Wildman–Crippen MR) is 91.2 cm³/mol. The topological polar surface area (TPSA) is 24.7 Å². The van der Waals surface area contributed by atoms with Gasteiger partial charge < -0.3 is 0 Å². The van der Waals surface area contributed by atoms with E-state index in [1.807, 2.05) is 48.5 Å². The second-order valence-electron chi connectivity index (χ2n) is 5.20. The van der Waals surface area contributed by atoms with Gasteiger partial charge in [-0.2, -0.15) is 0 Å². The molecule has 0 heterocycles. The van der Waals surface area contributed by atoms with Crippen LogP contribution in [0.4, 0.5) is 11.4 Å². The van der Waals surface area contributed by atoms with Gasteiger partial charge in [0.15, 0.2) is 0 Å². The Balaban J connectivity index is 1.78. The number of azo groups is 1. The third-order valence-corrected chi connectivity index (χ3v) is 3.80. The fourth-order valence-corrected chi connectivity index (χ4v) is 2.69. The molecule has 2 heteroatoms. The number of nitrogens with zero attached hydrogens (tertiary/aromatic N) is 2. The summed E-state index contributed by atoms with van der Waals surface area (Å²) in [4.78, 5) is 0. The van der Waals surface area contributed by atoms with Gasteiger partial charge in [-0.15, -0.1) is 10.2 Å². The number of hydrogen-bond donors (Lipinski definition) is 0. The van der Waals surface area contributed by atoms with Crippen molar-refractivity contribution in [2.24, 2.45) is 10.2 Å². The summed E-state index contributed by atoms with van der Waals surface area (Å²) in [5, 5.41) is 11.2. The van der Waals surface area contributed by atoms with Gasteiger partial charge in [-0.05, 0) is 23.1 Å². The molecule has 0 N–H and O–H groups in total. The van der Waals surface area contributed by atoms with E-state index >= 15 is 0 Å². The van der Waals surface area contributed by atoms with Gasteiger partial charge >= 0.3 is 0 Å². The van der Waals surface area contributed by atoms with Crippen LogP contribution in [0.3, 0.4) is 0 Å². The second kappa shape index (κ2) is 5.41. The molecule has 0 fully saturated rings. The van der Waals surface area contributed by atoms with Crippen molar-refractivity contribution < 1.29 is 0 Å². The summed E-state index contributed by atoms with van der Waals surface area (Å²) in [7, 11) is 0. The first-order valence-corrected chi connectivity index (χ1v) is 7.29. The molecule has 104 valence electrons. The maximum atomic E-state index is 4.47. The fraction of sp³-hybridized carbons (Fsp3) is 0. The van der Waals surface area contributed by atoms with E-state index in [0.29, 0.717) is 0 Å². The van der Waals surface area contributed by atoms with Crippen LogP contribution in [-0.2, 0) is 0 Å².